The van der Waals surface area contributed by atoms with E-state index in [4.69, 9.17) is 5.11 Å². The van der Waals surface area contributed by atoms with E-state index < -0.39 is 5.97 Å². The predicted octanol–water partition coefficient (Wildman–Crippen LogP) is 1.33. The van der Waals surface area contributed by atoms with Gasteiger partial charge in [0.15, 0.2) is 0 Å². The highest BCUT2D eigenvalue weighted by Crippen LogP contribution is 2.19. The first-order chi connectivity index (χ1) is 10.4. The van der Waals surface area contributed by atoms with Gasteiger partial charge in [-0.05, 0) is 31.0 Å². The van der Waals surface area contributed by atoms with Crippen LogP contribution >= 0.6 is 0 Å². The summed E-state index contributed by atoms with van der Waals surface area (Å²) in [6.45, 7) is 0.864. The van der Waals surface area contributed by atoms with Gasteiger partial charge in [-0.25, -0.2) is 0 Å². The van der Waals surface area contributed by atoms with Crippen molar-refractivity contribution in [1.82, 2.24) is 9.80 Å². The normalized spacial score (nSPS) is 15.5. The van der Waals surface area contributed by atoms with Gasteiger partial charge in [0.25, 0.3) is 11.8 Å². The van der Waals surface area contributed by atoms with E-state index >= 15 is 0 Å². The molecule has 0 aliphatic carbocycles. The zero-order valence-corrected chi connectivity index (χ0v) is 12.8. The quantitative estimate of drug-likeness (QED) is 0.913. The van der Waals surface area contributed by atoms with E-state index in [1.165, 1.54) is 4.90 Å². The second-order valence-electron chi connectivity index (χ2n) is 5.69. The molecule has 22 heavy (non-hydrogen) atoms. The Labute approximate surface area is 129 Å². The van der Waals surface area contributed by atoms with Gasteiger partial charge in [-0.2, -0.15) is 0 Å². The minimum Gasteiger partial charge on any atom is -0.481 e. The van der Waals surface area contributed by atoms with Crippen molar-refractivity contribution in [2.75, 3.05) is 27.2 Å². The number of benzene rings is 1. The zero-order chi connectivity index (χ0) is 16.3. The number of carbonyl (C=O) groups excluding carboxylic acids is 2. The molecular formula is C16H20N2O4. The van der Waals surface area contributed by atoms with E-state index in [1.807, 2.05) is 0 Å². The van der Waals surface area contributed by atoms with Gasteiger partial charge < -0.3 is 14.9 Å². The molecule has 0 bridgehead atoms. The first-order valence-electron chi connectivity index (χ1n) is 7.24. The van der Waals surface area contributed by atoms with Gasteiger partial charge in [0, 0.05) is 38.3 Å². The highest BCUT2D eigenvalue weighted by atomic mass is 16.4. The van der Waals surface area contributed by atoms with Crippen LogP contribution in [0.4, 0.5) is 0 Å². The summed E-state index contributed by atoms with van der Waals surface area (Å²) in [5.74, 6) is -1.48. The summed E-state index contributed by atoms with van der Waals surface area (Å²) in [5.41, 5.74) is 0.928. The number of carbonyl (C=O) groups is 3. The maximum Gasteiger partial charge on any atom is 0.306 e. The number of hydrogen-bond donors (Lipinski definition) is 1. The fourth-order valence-corrected chi connectivity index (χ4v) is 2.56. The number of aliphatic carboxylic acids is 1. The second-order valence-corrected chi connectivity index (χ2v) is 5.69. The SMILES string of the molecule is CN(C)C(=O)c1cccc(C(=O)N2CCC(C(=O)O)CC2)c1. The molecule has 1 aliphatic heterocycles. The van der Waals surface area contributed by atoms with Gasteiger partial charge in [-0.15, -0.1) is 0 Å². The number of carboxylic acid groups (broad SMARTS) is 1. The predicted molar refractivity (Wildman–Crippen MR) is 80.7 cm³/mol. The lowest BCUT2D eigenvalue weighted by Gasteiger charge is -2.30. The Morgan fingerprint density at radius 3 is 2.27 bits per heavy atom. The highest BCUT2D eigenvalue weighted by molar-refractivity contribution is 5.99. The Bertz CT molecular complexity index is 590. The largest absolute Gasteiger partial charge is 0.481 e. The van der Waals surface area contributed by atoms with Gasteiger partial charge in [0.05, 0.1) is 5.92 Å². The number of amides is 2. The maximum absolute atomic E-state index is 12.5. The topological polar surface area (TPSA) is 77.9 Å². The van der Waals surface area contributed by atoms with Crippen LogP contribution in [-0.4, -0.2) is 59.9 Å². The molecule has 0 saturated carbocycles. The van der Waals surface area contributed by atoms with Crippen LogP contribution in [0, 0.1) is 5.92 Å². The number of carboxylic acids is 1. The van der Waals surface area contributed by atoms with E-state index in [1.54, 1.807) is 43.3 Å². The molecule has 0 atom stereocenters. The number of likely N-dealkylation sites (tertiary alicyclic amines) is 1. The minimum absolute atomic E-state index is 0.153. The summed E-state index contributed by atoms with van der Waals surface area (Å²) in [6, 6.07) is 6.63. The van der Waals surface area contributed by atoms with Crippen LogP contribution in [0.5, 0.6) is 0 Å². The van der Waals surface area contributed by atoms with Crippen LogP contribution < -0.4 is 0 Å². The molecule has 2 rings (SSSR count). The molecule has 1 N–H and O–H groups in total. The van der Waals surface area contributed by atoms with E-state index in [0.717, 1.165) is 0 Å². The third-order valence-electron chi connectivity index (χ3n) is 3.89. The molecule has 118 valence electrons. The van der Waals surface area contributed by atoms with E-state index in [2.05, 4.69) is 0 Å². The second kappa shape index (κ2) is 6.60. The number of hydrogen-bond acceptors (Lipinski definition) is 3. The third kappa shape index (κ3) is 3.44. The first kappa shape index (κ1) is 16.0. The lowest BCUT2D eigenvalue weighted by molar-refractivity contribution is -0.143. The minimum atomic E-state index is -0.800. The number of nitrogens with zero attached hydrogens (tertiary/aromatic N) is 2. The monoisotopic (exact) mass is 304 g/mol. The molecule has 0 aromatic heterocycles. The summed E-state index contributed by atoms with van der Waals surface area (Å²) in [7, 11) is 3.32. The van der Waals surface area contributed by atoms with Crippen LogP contribution in [0.2, 0.25) is 0 Å². The van der Waals surface area contributed by atoms with Gasteiger partial charge >= 0.3 is 5.97 Å². The molecule has 0 unspecified atom stereocenters. The van der Waals surface area contributed by atoms with E-state index in [-0.39, 0.29) is 17.7 Å². The molecule has 1 aromatic carbocycles. The molecule has 6 heteroatoms. The van der Waals surface area contributed by atoms with Crippen molar-refractivity contribution in [1.29, 1.82) is 0 Å². The molecule has 0 radical (unpaired) electrons. The lowest BCUT2D eigenvalue weighted by atomic mass is 9.96. The van der Waals surface area contributed by atoms with Crippen molar-refractivity contribution in [3.8, 4) is 0 Å². The van der Waals surface area contributed by atoms with Gasteiger partial charge in [0.1, 0.15) is 0 Å². The molecule has 2 amide bonds. The Hall–Kier alpha value is -2.37. The molecule has 1 fully saturated rings. The van der Waals surface area contributed by atoms with Crippen molar-refractivity contribution in [2.24, 2.45) is 5.92 Å². The van der Waals surface area contributed by atoms with Crippen molar-refractivity contribution in [3.05, 3.63) is 35.4 Å². The van der Waals surface area contributed by atoms with Crippen LogP contribution in [0.25, 0.3) is 0 Å². The Morgan fingerprint density at radius 1 is 1.14 bits per heavy atom. The van der Waals surface area contributed by atoms with Gasteiger partial charge in [-0.3, -0.25) is 14.4 Å². The van der Waals surface area contributed by atoms with Crippen LogP contribution in [0.15, 0.2) is 24.3 Å². The van der Waals surface area contributed by atoms with Crippen molar-refractivity contribution >= 4 is 17.8 Å². The Balaban J connectivity index is 2.09. The average molecular weight is 304 g/mol. The standard InChI is InChI=1S/C16H20N2O4/c1-17(2)14(19)12-4-3-5-13(10-12)15(20)18-8-6-11(7-9-18)16(21)22/h3-5,10-11H,6-9H2,1-2H3,(H,21,22). The number of rotatable bonds is 3. The summed E-state index contributed by atoms with van der Waals surface area (Å²) in [5, 5.41) is 8.98. The summed E-state index contributed by atoms with van der Waals surface area (Å²) in [6.07, 6.45) is 0.939. The van der Waals surface area contributed by atoms with E-state index in [0.29, 0.717) is 37.1 Å². The molecule has 1 aliphatic rings. The van der Waals surface area contributed by atoms with Crippen molar-refractivity contribution in [3.63, 3.8) is 0 Å². The third-order valence-corrected chi connectivity index (χ3v) is 3.89. The Kier molecular flexibility index (Phi) is 4.80. The average Bonchev–Trinajstić information content (AvgIpc) is 2.53. The first-order valence-corrected chi connectivity index (χ1v) is 7.24. The molecule has 1 aromatic rings. The molecule has 0 spiro atoms. The van der Waals surface area contributed by atoms with E-state index in [9.17, 15) is 14.4 Å². The molecular weight excluding hydrogens is 284 g/mol. The molecule has 1 saturated heterocycles. The van der Waals surface area contributed by atoms with Crippen LogP contribution in [-0.2, 0) is 4.79 Å². The fraction of sp³-hybridized carbons (Fsp3) is 0.438. The smallest absolute Gasteiger partial charge is 0.306 e. The van der Waals surface area contributed by atoms with Crippen molar-refractivity contribution in [2.45, 2.75) is 12.8 Å². The summed E-state index contributed by atoms with van der Waals surface area (Å²) < 4.78 is 0. The zero-order valence-electron chi connectivity index (χ0n) is 12.8. The van der Waals surface area contributed by atoms with Gasteiger partial charge in [0.2, 0.25) is 0 Å². The maximum atomic E-state index is 12.5. The summed E-state index contributed by atoms with van der Waals surface area (Å²) in [4.78, 5) is 38.5. The van der Waals surface area contributed by atoms with Crippen molar-refractivity contribution < 1.29 is 19.5 Å². The van der Waals surface area contributed by atoms with Crippen LogP contribution in [0.3, 0.4) is 0 Å². The van der Waals surface area contributed by atoms with Gasteiger partial charge in [-0.1, -0.05) is 6.07 Å². The lowest BCUT2D eigenvalue weighted by Crippen LogP contribution is -2.40. The Morgan fingerprint density at radius 2 is 1.73 bits per heavy atom. The fourth-order valence-electron chi connectivity index (χ4n) is 2.56. The molecule has 1 heterocycles. The molecule has 6 nitrogen and oxygen atoms in total. The highest BCUT2D eigenvalue weighted by Gasteiger charge is 2.27. The van der Waals surface area contributed by atoms with Crippen LogP contribution in [0.1, 0.15) is 33.6 Å². The summed E-state index contributed by atoms with van der Waals surface area (Å²) >= 11 is 0. The number of piperidine rings is 1.